The number of carboxylic acid groups (broad SMARTS) is 1. The van der Waals surface area contributed by atoms with Crippen molar-refractivity contribution in [1.82, 2.24) is 5.32 Å². The Balaban J connectivity index is 3.71. The van der Waals surface area contributed by atoms with E-state index in [4.69, 9.17) is 5.11 Å². The van der Waals surface area contributed by atoms with E-state index in [-0.39, 0.29) is 0 Å². The van der Waals surface area contributed by atoms with Gasteiger partial charge in [-0.25, -0.2) is 0 Å². The Labute approximate surface area is 86.2 Å². The zero-order chi connectivity index (χ0) is 11.0. The van der Waals surface area contributed by atoms with Crippen molar-refractivity contribution < 1.29 is 9.90 Å². The average molecular weight is 199 g/mol. The highest BCUT2D eigenvalue weighted by Crippen LogP contribution is 2.02. The fourth-order valence-corrected chi connectivity index (χ4v) is 1.18. The quantitative estimate of drug-likeness (QED) is 0.619. The molecule has 0 saturated heterocycles. The van der Waals surface area contributed by atoms with Gasteiger partial charge < -0.3 is 10.4 Å². The van der Waals surface area contributed by atoms with Crippen LogP contribution in [0, 0.1) is 0 Å². The smallest absolute Gasteiger partial charge is 0.325 e. The average Bonchev–Trinajstić information content (AvgIpc) is 2.12. The van der Waals surface area contributed by atoms with E-state index in [2.05, 4.69) is 18.3 Å². The Morgan fingerprint density at radius 3 is 2.64 bits per heavy atom. The lowest BCUT2D eigenvalue weighted by Crippen LogP contribution is -2.32. The summed E-state index contributed by atoms with van der Waals surface area (Å²) in [7, 11) is 0. The van der Waals surface area contributed by atoms with Gasteiger partial charge in [0.2, 0.25) is 0 Å². The number of unbranched alkanes of at least 4 members (excludes halogenated alkanes) is 3. The maximum atomic E-state index is 10.5. The molecule has 1 atom stereocenters. The summed E-state index contributed by atoms with van der Waals surface area (Å²) in [4.78, 5) is 10.5. The van der Waals surface area contributed by atoms with Crippen LogP contribution in [0.5, 0.6) is 0 Å². The molecule has 0 aromatic carbocycles. The van der Waals surface area contributed by atoms with Gasteiger partial charge in [-0.15, -0.1) is 0 Å². The van der Waals surface area contributed by atoms with E-state index in [0.717, 1.165) is 12.1 Å². The Morgan fingerprint density at radius 1 is 1.50 bits per heavy atom. The topological polar surface area (TPSA) is 49.3 Å². The molecule has 0 saturated carbocycles. The van der Waals surface area contributed by atoms with Crippen molar-refractivity contribution in [3.05, 3.63) is 11.8 Å². The van der Waals surface area contributed by atoms with Crippen molar-refractivity contribution in [2.75, 3.05) is 0 Å². The Morgan fingerprint density at radius 2 is 2.14 bits per heavy atom. The summed E-state index contributed by atoms with van der Waals surface area (Å²) in [5.74, 6) is -0.814. The van der Waals surface area contributed by atoms with Gasteiger partial charge in [0.05, 0.1) is 0 Å². The van der Waals surface area contributed by atoms with Crippen LogP contribution >= 0.6 is 0 Å². The number of carboxylic acids is 1. The van der Waals surface area contributed by atoms with Crippen LogP contribution in [0.1, 0.15) is 46.5 Å². The minimum Gasteiger partial charge on any atom is -0.480 e. The third-order valence-electron chi connectivity index (χ3n) is 2.07. The molecule has 82 valence electrons. The fraction of sp³-hybridized carbons (Fsp3) is 0.727. The van der Waals surface area contributed by atoms with Crippen LogP contribution in [0.2, 0.25) is 0 Å². The molecule has 3 heteroatoms. The molecule has 0 spiro atoms. The predicted octanol–water partition coefficient (Wildman–Crippen LogP) is 2.53. The second-order valence-corrected chi connectivity index (χ2v) is 3.59. The molecule has 0 aliphatic rings. The highest BCUT2D eigenvalue weighted by atomic mass is 16.4. The number of hydrogen-bond acceptors (Lipinski definition) is 2. The van der Waals surface area contributed by atoms with E-state index < -0.39 is 12.0 Å². The second kappa shape index (κ2) is 7.42. The van der Waals surface area contributed by atoms with Gasteiger partial charge in [-0.2, -0.15) is 0 Å². The van der Waals surface area contributed by atoms with Crippen molar-refractivity contribution >= 4 is 5.97 Å². The first-order chi connectivity index (χ1) is 6.57. The van der Waals surface area contributed by atoms with Gasteiger partial charge in [-0.1, -0.05) is 25.8 Å². The lowest BCUT2D eigenvalue weighted by atomic mass is 10.2. The standard InChI is InChI=1S/C11H21NO2/c1-4-5-6-7-8-9(2)12-10(3)11(13)14/h8,10,12H,4-7H2,1-3H3,(H,13,14)/t10-/m0/s1. The van der Waals surface area contributed by atoms with Crippen LogP contribution in [0.4, 0.5) is 0 Å². The molecule has 0 amide bonds. The minimum absolute atomic E-state index is 0.502. The molecular formula is C11H21NO2. The molecular weight excluding hydrogens is 178 g/mol. The molecule has 0 aromatic heterocycles. The fourth-order valence-electron chi connectivity index (χ4n) is 1.18. The molecule has 0 aromatic rings. The normalized spacial score (nSPS) is 13.8. The Kier molecular flexibility index (Phi) is 6.89. The number of nitrogens with one attached hydrogen (secondary N) is 1. The van der Waals surface area contributed by atoms with Crippen molar-refractivity contribution in [2.45, 2.75) is 52.5 Å². The molecule has 0 radical (unpaired) electrons. The number of hydrogen-bond donors (Lipinski definition) is 2. The number of allylic oxidation sites excluding steroid dienone is 2. The molecule has 0 unspecified atom stereocenters. The third-order valence-corrected chi connectivity index (χ3v) is 2.07. The first-order valence-electron chi connectivity index (χ1n) is 5.24. The van der Waals surface area contributed by atoms with Gasteiger partial charge in [0.15, 0.2) is 0 Å². The summed E-state index contributed by atoms with van der Waals surface area (Å²) in [6.07, 6.45) is 6.72. The molecule has 0 fully saturated rings. The van der Waals surface area contributed by atoms with Crippen LogP contribution < -0.4 is 5.32 Å². The molecule has 3 nitrogen and oxygen atoms in total. The van der Waals surface area contributed by atoms with Crippen LogP contribution in [-0.2, 0) is 4.79 Å². The van der Waals surface area contributed by atoms with Crippen LogP contribution in [0.3, 0.4) is 0 Å². The number of rotatable bonds is 7. The van der Waals surface area contributed by atoms with Gasteiger partial charge in [-0.05, 0) is 26.7 Å². The van der Waals surface area contributed by atoms with Crippen LogP contribution in [0.15, 0.2) is 11.8 Å². The minimum atomic E-state index is -0.814. The Bertz CT molecular complexity index is 199. The second-order valence-electron chi connectivity index (χ2n) is 3.59. The van der Waals surface area contributed by atoms with E-state index in [9.17, 15) is 4.79 Å². The van der Waals surface area contributed by atoms with E-state index in [1.165, 1.54) is 19.3 Å². The summed E-state index contributed by atoms with van der Waals surface area (Å²) in [6.45, 7) is 5.72. The van der Waals surface area contributed by atoms with E-state index in [1.807, 2.05) is 6.92 Å². The van der Waals surface area contributed by atoms with Gasteiger partial charge >= 0.3 is 5.97 Å². The predicted molar refractivity (Wildman–Crippen MR) is 58.1 cm³/mol. The summed E-state index contributed by atoms with van der Waals surface area (Å²) in [6, 6.07) is -0.502. The molecule has 2 N–H and O–H groups in total. The monoisotopic (exact) mass is 199 g/mol. The number of carbonyl (C=O) groups is 1. The maximum Gasteiger partial charge on any atom is 0.325 e. The SMILES string of the molecule is CCCCCC=C(C)N[C@@H](C)C(=O)O. The molecule has 0 rings (SSSR count). The highest BCUT2D eigenvalue weighted by molar-refractivity contribution is 5.73. The van der Waals surface area contributed by atoms with E-state index in [1.54, 1.807) is 6.92 Å². The summed E-state index contributed by atoms with van der Waals surface area (Å²) < 4.78 is 0. The Hall–Kier alpha value is -0.990. The molecule has 14 heavy (non-hydrogen) atoms. The van der Waals surface area contributed by atoms with Crippen LogP contribution in [0.25, 0.3) is 0 Å². The number of aliphatic carboxylic acids is 1. The third kappa shape index (κ3) is 6.52. The summed E-state index contributed by atoms with van der Waals surface area (Å²) >= 11 is 0. The first-order valence-corrected chi connectivity index (χ1v) is 5.24. The molecule has 0 aliphatic carbocycles. The van der Waals surface area contributed by atoms with Crippen molar-refractivity contribution in [3.8, 4) is 0 Å². The lowest BCUT2D eigenvalue weighted by Gasteiger charge is -2.10. The van der Waals surface area contributed by atoms with E-state index >= 15 is 0 Å². The van der Waals surface area contributed by atoms with Gasteiger partial charge in [0, 0.05) is 5.70 Å². The van der Waals surface area contributed by atoms with Gasteiger partial charge in [-0.3, -0.25) is 4.79 Å². The van der Waals surface area contributed by atoms with Gasteiger partial charge in [0.25, 0.3) is 0 Å². The van der Waals surface area contributed by atoms with Crippen molar-refractivity contribution in [3.63, 3.8) is 0 Å². The summed E-state index contributed by atoms with van der Waals surface area (Å²) in [5, 5.41) is 11.6. The van der Waals surface area contributed by atoms with Crippen molar-refractivity contribution in [1.29, 1.82) is 0 Å². The van der Waals surface area contributed by atoms with Gasteiger partial charge in [0.1, 0.15) is 6.04 Å². The van der Waals surface area contributed by atoms with Crippen molar-refractivity contribution in [2.24, 2.45) is 0 Å². The van der Waals surface area contributed by atoms with Crippen LogP contribution in [-0.4, -0.2) is 17.1 Å². The summed E-state index contributed by atoms with van der Waals surface area (Å²) in [5.41, 5.74) is 0.955. The largest absolute Gasteiger partial charge is 0.480 e. The molecule has 0 bridgehead atoms. The molecule has 0 heterocycles. The lowest BCUT2D eigenvalue weighted by molar-refractivity contribution is -0.138. The maximum absolute atomic E-state index is 10.5. The molecule has 0 aliphatic heterocycles. The van der Waals surface area contributed by atoms with E-state index in [0.29, 0.717) is 0 Å². The zero-order valence-corrected chi connectivity index (χ0v) is 9.34. The first kappa shape index (κ1) is 13.0. The highest BCUT2D eigenvalue weighted by Gasteiger charge is 2.08. The zero-order valence-electron chi connectivity index (χ0n) is 9.34.